The van der Waals surface area contributed by atoms with E-state index in [1.54, 1.807) is 0 Å². The lowest BCUT2D eigenvalue weighted by atomic mass is 10.0. The van der Waals surface area contributed by atoms with Gasteiger partial charge in [0.05, 0.1) is 0 Å². The number of unbranched alkanes of at least 4 members (excludes halogenated alkanes) is 13. The Balaban J connectivity index is 1.71. The van der Waals surface area contributed by atoms with E-state index in [2.05, 4.69) is 35.2 Å². The molecule has 0 aromatic carbocycles. The van der Waals surface area contributed by atoms with E-state index in [0.717, 1.165) is 19.4 Å². The third-order valence-electron chi connectivity index (χ3n) is 4.82. The Kier molecular flexibility index (Phi) is 14.0. The van der Waals surface area contributed by atoms with Crippen LogP contribution >= 0.6 is 0 Å². The molecule has 0 saturated carbocycles. The zero-order valence-electron chi connectivity index (χ0n) is 16.0. The summed E-state index contributed by atoms with van der Waals surface area (Å²) in [5.74, 6) is -0.907. The highest BCUT2D eigenvalue weighted by molar-refractivity contribution is 5.63. The van der Waals surface area contributed by atoms with Crippen LogP contribution in [0.4, 0.5) is 0 Å². The topological polar surface area (TPSA) is 44.0 Å². The predicted molar refractivity (Wildman–Crippen MR) is 101 cm³/mol. The zero-order valence-corrected chi connectivity index (χ0v) is 16.0. The molecular formula is C22H37NO2. The summed E-state index contributed by atoms with van der Waals surface area (Å²) in [6.45, 7) is 1.15. The zero-order chi connectivity index (χ0) is 18.0. The Hall–Kier alpha value is -1.38. The number of pyridine rings is 1. The molecular weight excluding hydrogens is 310 g/mol. The number of hydrogen-bond donors (Lipinski definition) is 0. The number of nitrogens with zero attached hydrogens (tertiary/aromatic N) is 1. The number of aliphatic carboxylic acids is 1. The Labute approximate surface area is 154 Å². The lowest BCUT2D eigenvalue weighted by molar-refractivity contribution is -0.697. The first-order valence-electron chi connectivity index (χ1n) is 10.4. The lowest BCUT2D eigenvalue weighted by Gasteiger charge is -2.04. The van der Waals surface area contributed by atoms with E-state index in [0.29, 0.717) is 0 Å². The second-order valence-corrected chi connectivity index (χ2v) is 7.19. The highest BCUT2D eigenvalue weighted by atomic mass is 16.4. The lowest BCUT2D eigenvalue weighted by Crippen LogP contribution is -2.32. The van der Waals surface area contributed by atoms with Crippen molar-refractivity contribution in [2.24, 2.45) is 0 Å². The number of carboxylic acid groups (broad SMARTS) is 1. The third kappa shape index (κ3) is 14.7. The van der Waals surface area contributed by atoms with E-state index < -0.39 is 5.97 Å². The second kappa shape index (κ2) is 16.1. The Morgan fingerprint density at radius 3 is 1.44 bits per heavy atom. The quantitative estimate of drug-likeness (QED) is 0.306. The van der Waals surface area contributed by atoms with Crippen molar-refractivity contribution in [1.29, 1.82) is 0 Å². The molecule has 142 valence electrons. The van der Waals surface area contributed by atoms with Crippen molar-refractivity contribution in [2.75, 3.05) is 0 Å². The van der Waals surface area contributed by atoms with Gasteiger partial charge in [0, 0.05) is 24.5 Å². The summed E-state index contributed by atoms with van der Waals surface area (Å²) in [5.41, 5.74) is 0. The highest BCUT2D eigenvalue weighted by Crippen LogP contribution is 2.13. The molecule has 0 aliphatic heterocycles. The fraction of sp³-hybridized carbons (Fsp3) is 0.727. The summed E-state index contributed by atoms with van der Waals surface area (Å²) < 4.78 is 2.27. The van der Waals surface area contributed by atoms with Gasteiger partial charge in [0.2, 0.25) is 0 Å². The Bertz CT molecular complexity index is 419. The summed E-state index contributed by atoms with van der Waals surface area (Å²) in [6, 6.07) is 6.26. The van der Waals surface area contributed by atoms with Crippen LogP contribution in [0.5, 0.6) is 0 Å². The fourth-order valence-corrected chi connectivity index (χ4v) is 3.27. The van der Waals surface area contributed by atoms with Gasteiger partial charge in [-0.1, -0.05) is 76.7 Å². The highest BCUT2D eigenvalue weighted by Gasteiger charge is 1.98. The summed E-state index contributed by atoms with van der Waals surface area (Å²) >= 11 is 0. The van der Waals surface area contributed by atoms with E-state index in [1.807, 2.05) is 0 Å². The van der Waals surface area contributed by atoms with E-state index in [-0.39, 0.29) is 6.42 Å². The minimum Gasteiger partial charge on any atom is -0.550 e. The Morgan fingerprint density at radius 1 is 0.600 bits per heavy atom. The maximum absolute atomic E-state index is 10.3. The van der Waals surface area contributed by atoms with E-state index >= 15 is 0 Å². The van der Waals surface area contributed by atoms with Crippen LogP contribution in [-0.4, -0.2) is 5.97 Å². The van der Waals surface area contributed by atoms with E-state index in [1.165, 1.54) is 77.0 Å². The van der Waals surface area contributed by atoms with Crippen LogP contribution in [0.2, 0.25) is 0 Å². The Morgan fingerprint density at radius 2 is 1.00 bits per heavy atom. The summed E-state index contributed by atoms with van der Waals surface area (Å²) in [5, 5.41) is 10.3. The largest absolute Gasteiger partial charge is 0.550 e. The molecule has 1 aromatic rings. The molecule has 0 unspecified atom stereocenters. The fourth-order valence-electron chi connectivity index (χ4n) is 3.27. The summed E-state index contributed by atoms with van der Waals surface area (Å²) in [4.78, 5) is 10.3. The molecule has 1 aromatic heterocycles. The van der Waals surface area contributed by atoms with Gasteiger partial charge in [-0.3, -0.25) is 0 Å². The van der Waals surface area contributed by atoms with Crippen LogP contribution in [0.1, 0.15) is 96.3 Å². The van der Waals surface area contributed by atoms with Crippen molar-refractivity contribution in [3.05, 3.63) is 30.6 Å². The summed E-state index contributed by atoms with van der Waals surface area (Å²) in [6.07, 6.45) is 22.3. The maximum Gasteiger partial charge on any atom is 0.168 e. The van der Waals surface area contributed by atoms with Crippen LogP contribution in [0, 0.1) is 0 Å². The van der Waals surface area contributed by atoms with Crippen LogP contribution < -0.4 is 9.67 Å². The normalized spacial score (nSPS) is 10.9. The minimum absolute atomic E-state index is 0.227. The van der Waals surface area contributed by atoms with Crippen molar-refractivity contribution >= 4 is 5.97 Å². The molecule has 0 bridgehead atoms. The standard InChI is InChI=1S/C22H37NO2/c24-22(25)18-14-11-9-7-5-3-1-2-4-6-8-10-12-15-19-23-20-16-13-17-21-23/h13,16-17,20-21H,1-12,14-15,18-19H2. The molecule has 3 heteroatoms. The molecule has 0 amide bonds. The van der Waals surface area contributed by atoms with Crippen LogP contribution in [0.15, 0.2) is 30.6 Å². The molecule has 0 aliphatic carbocycles. The van der Waals surface area contributed by atoms with Crippen molar-refractivity contribution < 1.29 is 14.5 Å². The third-order valence-corrected chi connectivity index (χ3v) is 4.82. The van der Waals surface area contributed by atoms with Crippen LogP contribution in [-0.2, 0) is 11.3 Å². The molecule has 1 heterocycles. The monoisotopic (exact) mass is 347 g/mol. The van der Waals surface area contributed by atoms with Crippen molar-refractivity contribution in [3.63, 3.8) is 0 Å². The number of aromatic nitrogens is 1. The summed E-state index contributed by atoms with van der Waals surface area (Å²) in [7, 11) is 0. The van der Waals surface area contributed by atoms with Crippen LogP contribution in [0.3, 0.4) is 0 Å². The van der Waals surface area contributed by atoms with Crippen molar-refractivity contribution in [2.45, 2.75) is 103 Å². The molecule has 1 rings (SSSR count). The number of aryl methyl sites for hydroxylation is 1. The number of carboxylic acids is 1. The first-order chi connectivity index (χ1) is 12.3. The van der Waals surface area contributed by atoms with Gasteiger partial charge in [0.15, 0.2) is 12.4 Å². The molecule has 3 nitrogen and oxygen atoms in total. The van der Waals surface area contributed by atoms with Gasteiger partial charge in [-0.2, -0.15) is 0 Å². The number of carbonyl (C=O) groups excluding carboxylic acids is 1. The van der Waals surface area contributed by atoms with Gasteiger partial charge in [0.1, 0.15) is 6.54 Å². The van der Waals surface area contributed by atoms with Gasteiger partial charge in [-0.25, -0.2) is 4.57 Å². The molecule has 0 spiro atoms. The second-order valence-electron chi connectivity index (χ2n) is 7.19. The van der Waals surface area contributed by atoms with Crippen molar-refractivity contribution in [1.82, 2.24) is 0 Å². The number of rotatable bonds is 17. The smallest absolute Gasteiger partial charge is 0.168 e. The van der Waals surface area contributed by atoms with Gasteiger partial charge < -0.3 is 9.90 Å². The average Bonchev–Trinajstić information content (AvgIpc) is 2.62. The molecule has 25 heavy (non-hydrogen) atoms. The van der Waals surface area contributed by atoms with E-state index in [9.17, 15) is 9.90 Å². The first kappa shape index (κ1) is 21.7. The molecule has 0 N–H and O–H groups in total. The first-order valence-corrected chi connectivity index (χ1v) is 10.4. The average molecular weight is 348 g/mol. The van der Waals surface area contributed by atoms with Gasteiger partial charge in [-0.15, -0.1) is 0 Å². The van der Waals surface area contributed by atoms with Crippen LogP contribution in [0.25, 0.3) is 0 Å². The maximum atomic E-state index is 10.3. The number of hydrogen-bond acceptors (Lipinski definition) is 2. The van der Waals surface area contributed by atoms with E-state index in [4.69, 9.17) is 0 Å². The molecule has 0 fully saturated rings. The minimum atomic E-state index is -0.907. The van der Waals surface area contributed by atoms with Gasteiger partial charge in [-0.05, 0) is 19.3 Å². The van der Waals surface area contributed by atoms with Gasteiger partial charge in [0.25, 0.3) is 0 Å². The number of carbonyl (C=O) groups is 1. The van der Waals surface area contributed by atoms with Crippen molar-refractivity contribution in [3.8, 4) is 0 Å². The molecule has 0 saturated heterocycles. The molecule has 0 radical (unpaired) electrons. The predicted octanol–water partition coefficient (Wildman–Crippen LogP) is 4.58. The molecule has 0 atom stereocenters. The molecule has 0 aliphatic rings. The SMILES string of the molecule is O=C([O-])CCCCCCCCCCCCCCCC[n+]1ccccc1. The van der Waals surface area contributed by atoms with Gasteiger partial charge >= 0.3 is 0 Å².